The molecule has 1 heterocycles. The Hall–Kier alpha value is -2.53. The van der Waals surface area contributed by atoms with Crippen molar-refractivity contribution in [2.24, 2.45) is 0 Å². The Labute approximate surface area is 132 Å². The minimum atomic E-state index is -0.154. The average molecular weight is 307 g/mol. The molecule has 0 saturated heterocycles. The molecule has 5 heteroatoms. The van der Waals surface area contributed by atoms with E-state index in [0.717, 1.165) is 23.6 Å². The van der Waals surface area contributed by atoms with Crippen LogP contribution in [0.4, 0.5) is 5.69 Å². The molecule has 1 N–H and O–H groups in total. The van der Waals surface area contributed by atoms with E-state index in [4.69, 9.17) is 0 Å². The summed E-state index contributed by atoms with van der Waals surface area (Å²) in [5, 5.41) is 6.81. The number of rotatable bonds is 2. The monoisotopic (exact) mass is 307 g/mol. The minimum absolute atomic E-state index is 0.154. The van der Waals surface area contributed by atoms with Crippen molar-refractivity contribution in [1.82, 2.24) is 9.59 Å². The van der Waals surface area contributed by atoms with Crippen LogP contribution >= 0.6 is 11.5 Å². The molecular weight excluding hydrogens is 294 g/mol. The third-order valence-electron chi connectivity index (χ3n) is 3.91. The number of fused-ring (bicyclic) bond motifs is 3. The van der Waals surface area contributed by atoms with Crippen LogP contribution in [0.25, 0.3) is 11.1 Å². The molecular formula is C17H13N3OS. The lowest BCUT2D eigenvalue weighted by molar-refractivity contribution is 0.103. The fourth-order valence-corrected chi connectivity index (χ4v) is 3.38. The van der Waals surface area contributed by atoms with E-state index < -0.39 is 0 Å². The number of hydrogen-bond donors (Lipinski definition) is 1. The summed E-state index contributed by atoms with van der Waals surface area (Å²) in [6.07, 6.45) is 0.956. The SMILES string of the molecule is Cc1nnsc1C(=O)Nc1ccc2c(c1)-c1ccccc1C2. The molecule has 4 nitrogen and oxygen atoms in total. The lowest BCUT2D eigenvalue weighted by atomic mass is 10.1. The largest absolute Gasteiger partial charge is 0.321 e. The molecule has 3 aromatic rings. The number of nitrogens with zero attached hydrogens (tertiary/aromatic N) is 2. The highest BCUT2D eigenvalue weighted by molar-refractivity contribution is 7.08. The van der Waals surface area contributed by atoms with Crippen molar-refractivity contribution in [2.45, 2.75) is 13.3 Å². The zero-order chi connectivity index (χ0) is 15.1. The van der Waals surface area contributed by atoms with Crippen LogP contribution in [0.1, 0.15) is 26.5 Å². The number of benzene rings is 2. The first-order chi connectivity index (χ1) is 10.7. The smallest absolute Gasteiger partial charge is 0.269 e. The Bertz CT molecular complexity index is 885. The first-order valence-electron chi connectivity index (χ1n) is 7.04. The van der Waals surface area contributed by atoms with Gasteiger partial charge in [0, 0.05) is 5.69 Å². The Balaban J connectivity index is 1.66. The zero-order valence-electron chi connectivity index (χ0n) is 12.0. The number of amides is 1. The predicted molar refractivity (Wildman–Crippen MR) is 87.3 cm³/mol. The summed E-state index contributed by atoms with van der Waals surface area (Å²) < 4.78 is 3.80. The number of aryl methyl sites for hydroxylation is 1. The van der Waals surface area contributed by atoms with Gasteiger partial charge in [-0.05, 0) is 59.3 Å². The van der Waals surface area contributed by atoms with E-state index in [1.165, 1.54) is 22.3 Å². The van der Waals surface area contributed by atoms with Crippen LogP contribution in [-0.4, -0.2) is 15.5 Å². The Morgan fingerprint density at radius 1 is 1.14 bits per heavy atom. The molecule has 0 saturated carbocycles. The number of hydrogen-bond acceptors (Lipinski definition) is 4. The highest BCUT2D eigenvalue weighted by atomic mass is 32.1. The highest BCUT2D eigenvalue weighted by Gasteiger charge is 2.19. The van der Waals surface area contributed by atoms with E-state index in [-0.39, 0.29) is 5.91 Å². The molecule has 108 valence electrons. The fourth-order valence-electron chi connectivity index (χ4n) is 2.83. The molecule has 0 bridgehead atoms. The van der Waals surface area contributed by atoms with Crippen LogP contribution in [-0.2, 0) is 6.42 Å². The van der Waals surface area contributed by atoms with Gasteiger partial charge in [-0.15, -0.1) is 5.10 Å². The maximum atomic E-state index is 12.3. The van der Waals surface area contributed by atoms with E-state index in [2.05, 4.69) is 39.2 Å². The Morgan fingerprint density at radius 2 is 1.95 bits per heavy atom. The Morgan fingerprint density at radius 3 is 2.77 bits per heavy atom. The van der Waals surface area contributed by atoms with Crippen LogP contribution < -0.4 is 5.32 Å². The van der Waals surface area contributed by atoms with Crippen molar-refractivity contribution in [2.75, 3.05) is 5.32 Å². The van der Waals surface area contributed by atoms with Gasteiger partial charge >= 0.3 is 0 Å². The third kappa shape index (κ3) is 2.10. The normalized spacial score (nSPS) is 11.9. The van der Waals surface area contributed by atoms with Gasteiger partial charge in [-0.25, -0.2) is 0 Å². The lowest BCUT2D eigenvalue weighted by Crippen LogP contribution is -2.11. The molecule has 0 radical (unpaired) electrons. The van der Waals surface area contributed by atoms with Crippen molar-refractivity contribution >= 4 is 23.1 Å². The summed E-state index contributed by atoms with van der Waals surface area (Å²) in [6.45, 7) is 1.79. The summed E-state index contributed by atoms with van der Waals surface area (Å²) in [6, 6.07) is 14.5. The molecule has 0 atom stereocenters. The van der Waals surface area contributed by atoms with E-state index >= 15 is 0 Å². The van der Waals surface area contributed by atoms with Crippen LogP contribution in [0.2, 0.25) is 0 Å². The first kappa shape index (κ1) is 13.2. The second-order valence-corrected chi connectivity index (χ2v) is 6.10. The summed E-state index contributed by atoms with van der Waals surface area (Å²) >= 11 is 1.12. The fraction of sp³-hybridized carbons (Fsp3) is 0.118. The second kappa shape index (κ2) is 5.03. The summed E-state index contributed by atoms with van der Waals surface area (Å²) in [5.41, 5.74) is 6.55. The molecule has 2 aromatic carbocycles. The Kier molecular flexibility index (Phi) is 3.01. The van der Waals surface area contributed by atoms with Crippen molar-refractivity contribution < 1.29 is 4.79 Å². The van der Waals surface area contributed by atoms with Gasteiger partial charge in [0.1, 0.15) is 4.88 Å². The van der Waals surface area contributed by atoms with Crippen LogP contribution in [0.3, 0.4) is 0 Å². The van der Waals surface area contributed by atoms with Crippen molar-refractivity contribution in [3.05, 3.63) is 64.2 Å². The van der Waals surface area contributed by atoms with E-state index in [1.807, 2.05) is 18.2 Å². The molecule has 1 amide bonds. The van der Waals surface area contributed by atoms with Gasteiger partial charge in [-0.3, -0.25) is 4.79 Å². The van der Waals surface area contributed by atoms with Crippen molar-refractivity contribution in [1.29, 1.82) is 0 Å². The average Bonchev–Trinajstić information content (AvgIpc) is 3.10. The van der Waals surface area contributed by atoms with Gasteiger partial charge < -0.3 is 5.32 Å². The van der Waals surface area contributed by atoms with Crippen LogP contribution in [0.5, 0.6) is 0 Å². The number of aromatic nitrogens is 2. The van der Waals surface area contributed by atoms with E-state index in [0.29, 0.717) is 10.6 Å². The van der Waals surface area contributed by atoms with Gasteiger partial charge in [-0.2, -0.15) is 0 Å². The molecule has 1 aliphatic carbocycles. The third-order valence-corrected chi connectivity index (χ3v) is 4.74. The van der Waals surface area contributed by atoms with Gasteiger partial charge in [0.2, 0.25) is 0 Å². The van der Waals surface area contributed by atoms with E-state index in [1.54, 1.807) is 6.92 Å². The molecule has 22 heavy (non-hydrogen) atoms. The number of carbonyl (C=O) groups excluding carboxylic acids is 1. The summed E-state index contributed by atoms with van der Waals surface area (Å²) in [7, 11) is 0. The molecule has 1 aromatic heterocycles. The summed E-state index contributed by atoms with van der Waals surface area (Å²) in [5.74, 6) is -0.154. The van der Waals surface area contributed by atoms with Crippen molar-refractivity contribution in [3.63, 3.8) is 0 Å². The van der Waals surface area contributed by atoms with Crippen LogP contribution in [0.15, 0.2) is 42.5 Å². The molecule has 4 rings (SSSR count). The first-order valence-corrected chi connectivity index (χ1v) is 7.81. The maximum Gasteiger partial charge on any atom is 0.269 e. The molecule has 0 fully saturated rings. The molecule has 1 aliphatic rings. The standard InChI is InChI=1S/C17H13N3OS/c1-10-16(22-20-19-10)17(21)18-13-7-6-12-8-11-4-2-3-5-14(11)15(12)9-13/h2-7,9H,8H2,1H3,(H,18,21). The molecule has 0 unspecified atom stereocenters. The quantitative estimate of drug-likeness (QED) is 0.615. The second-order valence-electron chi connectivity index (χ2n) is 5.35. The predicted octanol–water partition coefficient (Wildman–Crippen LogP) is 3.67. The van der Waals surface area contributed by atoms with Gasteiger partial charge in [-0.1, -0.05) is 34.8 Å². The minimum Gasteiger partial charge on any atom is -0.321 e. The lowest BCUT2D eigenvalue weighted by Gasteiger charge is -2.07. The van der Waals surface area contributed by atoms with Crippen molar-refractivity contribution in [3.8, 4) is 11.1 Å². The van der Waals surface area contributed by atoms with Gasteiger partial charge in [0.15, 0.2) is 0 Å². The summed E-state index contributed by atoms with van der Waals surface area (Å²) in [4.78, 5) is 12.8. The maximum absolute atomic E-state index is 12.3. The zero-order valence-corrected chi connectivity index (χ0v) is 12.8. The number of carbonyl (C=O) groups is 1. The molecule has 0 spiro atoms. The number of anilines is 1. The number of nitrogens with one attached hydrogen (secondary N) is 1. The topological polar surface area (TPSA) is 54.9 Å². The van der Waals surface area contributed by atoms with Gasteiger partial charge in [0.25, 0.3) is 5.91 Å². The van der Waals surface area contributed by atoms with E-state index in [9.17, 15) is 4.79 Å². The van der Waals surface area contributed by atoms with Crippen LogP contribution in [0, 0.1) is 6.92 Å². The highest BCUT2D eigenvalue weighted by Crippen LogP contribution is 2.37. The van der Waals surface area contributed by atoms with Gasteiger partial charge in [0.05, 0.1) is 5.69 Å². The molecule has 0 aliphatic heterocycles.